The van der Waals surface area contributed by atoms with E-state index in [2.05, 4.69) is 25.2 Å². The highest BCUT2D eigenvalue weighted by Gasteiger charge is 2.23. The lowest BCUT2D eigenvalue weighted by Crippen LogP contribution is -2.33. The van der Waals surface area contributed by atoms with Gasteiger partial charge in [-0.05, 0) is 26.0 Å². The predicted molar refractivity (Wildman–Crippen MR) is 79.3 cm³/mol. The monoisotopic (exact) mass is 283 g/mol. The van der Waals surface area contributed by atoms with E-state index in [0.717, 1.165) is 5.75 Å². The molecular formula is C12H21N5OS. The van der Waals surface area contributed by atoms with E-state index in [-0.39, 0.29) is 6.10 Å². The third-order valence-electron chi connectivity index (χ3n) is 2.94. The number of ether oxygens (including phenoxy) is 1. The Hall–Kier alpha value is -1.24. The van der Waals surface area contributed by atoms with Gasteiger partial charge in [-0.15, -0.1) is 0 Å². The minimum Gasteiger partial charge on any atom is -0.461 e. The van der Waals surface area contributed by atoms with Gasteiger partial charge in [0, 0.05) is 25.9 Å². The average Bonchev–Trinajstić information content (AvgIpc) is 2.90. The van der Waals surface area contributed by atoms with Crippen LogP contribution in [0.15, 0.2) is 0 Å². The molecule has 0 amide bonds. The zero-order chi connectivity index (χ0) is 13.8. The van der Waals surface area contributed by atoms with Gasteiger partial charge in [-0.3, -0.25) is 0 Å². The number of rotatable bonds is 5. The first-order valence-corrected chi connectivity index (χ1v) is 7.66. The van der Waals surface area contributed by atoms with Crippen LogP contribution in [-0.2, 0) is 0 Å². The first kappa shape index (κ1) is 14.2. The Morgan fingerprint density at radius 3 is 2.74 bits per heavy atom. The van der Waals surface area contributed by atoms with E-state index in [1.165, 1.54) is 12.2 Å². The quantitative estimate of drug-likeness (QED) is 0.881. The summed E-state index contributed by atoms with van der Waals surface area (Å²) in [5.74, 6) is 3.53. The molecule has 1 fully saturated rings. The number of hydrogen-bond donors (Lipinski definition) is 1. The van der Waals surface area contributed by atoms with Crippen molar-refractivity contribution in [1.29, 1.82) is 0 Å². The Bertz CT molecular complexity index is 423. The summed E-state index contributed by atoms with van der Waals surface area (Å²) in [6.45, 7) is 3.92. The zero-order valence-corrected chi connectivity index (χ0v) is 12.7. The average molecular weight is 283 g/mol. The van der Waals surface area contributed by atoms with Gasteiger partial charge in [-0.25, -0.2) is 0 Å². The molecule has 0 bridgehead atoms. The molecule has 0 aliphatic carbocycles. The summed E-state index contributed by atoms with van der Waals surface area (Å²) in [6, 6.07) is 0.867. The number of aromatic nitrogens is 3. The van der Waals surface area contributed by atoms with Crippen LogP contribution in [0.4, 0.5) is 11.9 Å². The molecule has 1 aliphatic heterocycles. The van der Waals surface area contributed by atoms with Crippen molar-refractivity contribution in [2.75, 3.05) is 35.8 Å². The molecule has 19 heavy (non-hydrogen) atoms. The first-order valence-electron chi connectivity index (χ1n) is 6.51. The van der Waals surface area contributed by atoms with E-state index in [1.54, 1.807) is 7.05 Å². The SMILES string of the molecule is CNc1nc(OC(C)C)nc(N(C)C2CCSC2)n1. The van der Waals surface area contributed by atoms with Gasteiger partial charge in [0.25, 0.3) is 0 Å². The van der Waals surface area contributed by atoms with Crippen LogP contribution in [0.5, 0.6) is 6.01 Å². The molecule has 106 valence electrons. The van der Waals surface area contributed by atoms with Crippen molar-refractivity contribution in [3.63, 3.8) is 0 Å². The van der Waals surface area contributed by atoms with Crippen LogP contribution in [0.2, 0.25) is 0 Å². The lowest BCUT2D eigenvalue weighted by atomic mass is 10.2. The Kier molecular flexibility index (Phi) is 4.68. The Labute approximate surface area is 118 Å². The molecule has 1 unspecified atom stereocenters. The van der Waals surface area contributed by atoms with Crippen molar-refractivity contribution < 1.29 is 4.74 Å². The molecular weight excluding hydrogens is 262 g/mol. The number of hydrogen-bond acceptors (Lipinski definition) is 7. The maximum Gasteiger partial charge on any atom is 0.323 e. The second kappa shape index (κ2) is 6.27. The highest BCUT2D eigenvalue weighted by molar-refractivity contribution is 7.99. The third kappa shape index (κ3) is 3.62. The first-order chi connectivity index (χ1) is 9.10. The van der Waals surface area contributed by atoms with E-state index in [4.69, 9.17) is 4.74 Å². The van der Waals surface area contributed by atoms with Gasteiger partial charge in [0.05, 0.1) is 6.10 Å². The van der Waals surface area contributed by atoms with E-state index >= 15 is 0 Å². The van der Waals surface area contributed by atoms with Gasteiger partial charge in [-0.2, -0.15) is 26.7 Å². The van der Waals surface area contributed by atoms with Gasteiger partial charge in [0.15, 0.2) is 0 Å². The summed E-state index contributed by atoms with van der Waals surface area (Å²) in [7, 11) is 3.83. The summed E-state index contributed by atoms with van der Waals surface area (Å²) in [5, 5.41) is 2.95. The summed E-state index contributed by atoms with van der Waals surface area (Å²) in [5.41, 5.74) is 0. The van der Waals surface area contributed by atoms with Crippen LogP contribution in [0.25, 0.3) is 0 Å². The van der Waals surface area contributed by atoms with Crippen molar-refractivity contribution in [3.05, 3.63) is 0 Å². The summed E-state index contributed by atoms with van der Waals surface area (Å²) >= 11 is 1.97. The molecule has 0 spiro atoms. The van der Waals surface area contributed by atoms with Crippen molar-refractivity contribution in [1.82, 2.24) is 15.0 Å². The van der Waals surface area contributed by atoms with Gasteiger partial charge in [0.2, 0.25) is 11.9 Å². The van der Waals surface area contributed by atoms with E-state index < -0.39 is 0 Å². The van der Waals surface area contributed by atoms with Crippen molar-refractivity contribution in [2.45, 2.75) is 32.4 Å². The molecule has 7 heteroatoms. The molecule has 1 aromatic rings. The lowest BCUT2D eigenvalue weighted by Gasteiger charge is -2.24. The predicted octanol–water partition coefficient (Wildman–Crippen LogP) is 1.64. The van der Waals surface area contributed by atoms with Crippen LogP contribution in [0, 0.1) is 0 Å². The standard InChI is InChI=1S/C12H21N5OS/c1-8(2)18-12-15-10(13-3)14-11(16-12)17(4)9-5-6-19-7-9/h8-9H,5-7H2,1-4H3,(H,13,14,15,16). The van der Waals surface area contributed by atoms with Crippen molar-refractivity contribution in [2.24, 2.45) is 0 Å². The van der Waals surface area contributed by atoms with Crippen molar-refractivity contribution >= 4 is 23.7 Å². The van der Waals surface area contributed by atoms with Gasteiger partial charge >= 0.3 is 6.01 Å². The smallest absolute Gasteiger partial charge is 0.323 e. The van der Waals surface area contributed by atoms with Crippen LogP contribution in [-0.4, -0.2) is 52.7 Å². The van der Waals surface area contributed by atoms with Crippen LogP contribution < -0.4 is 15.0 Å². The Morgan fingerprint density at radius 1 is 1.37 bits per heavy atom. The Balaban J connectivity index is 2.22. The third-order valence-corrected chi connectivity index (χ3v) is 4.08. The topological polar surface area (TPSA) is 63.2 Å². The van der Waals surface area contributed by atoms with Gasteiger partial charge in [-0.1, -0.05) is 0 Å². The second-order valence-electron chi connectivity index (χ2n) is 4.79. The molecule has 2 rings (SSSR count). The van der Waals surface area contributed by atoms with Crippen LogP contribution in [0.3, 0.4) is 0 Å². The fraction of sp³-hybridized carbons (Fsp3) is 0.750. The minimum atomic E-state index is 0.0484. The molecule has 6 nitrogen and oxygen atoms in total. The molecule has 1 saturated heterocycles. The maximum atomic E-state index is 5.58. The largest absolute Gasteiger partial charge is 0.461 e. The summed E-state index contributed by atoms with van der Waals surface area (Å²) < 4.78 is 5.58. The fourth-order valence-corrected chi connectivity index (χ4v) is 3.14. The molecule has 1 aromatic heterocycles. The van der Waals surface area contributed by atoms with Crippen LogP contribution >= 0.6 is 11.8 Å². The normalized spacial score (nSPS) is 18.7. The number of thioether (sulfide) groups is 1. The summed E-state index contributed by atoms with van der Waals surface area (Å²) in [4.78, 5) is 15.1. The highest BCUT2D eigenvalue weighted by atomic mass is 32.2. The van der Waals surface area contributed by atoms with E-state index in [1.807, 2.05) is 32.7 Å². The fourth-order valence-electron chi connectivity index (χ4n) is 1.87. The van der Waals surface area contributed by atoms with Crippen molar-refractivity contribution in [3.8, 4) is 6.01 Å². The summed E-state index contributed by atoms with van der Waals surface area (Å²) in [6.07, 6.45) is 1.22. The second-order valence-corrected chi connectivity index (χ2v) is 5.94. The Morgan fingerprint density at radius 2 is 2.16 bits per heavy atom. The molecule has 0 radical (unpaired) electrons. The van der Waals surface area contributed by atoms with E-state index in [0.29, 0.717) is 23.9 Å². The van der Waals surface area contributed by atoms with Crippen LogP contribution in [0.1, 0.15) is 20.3 Å². The number of anilines is 2. The number of nitrogens with zero attached hydrogens (tertiary/aromatic N) is 4. The molecule has 1 atom stereocenters. The zero-order valence-electron chi connectivity index (χ0n) is 11.9. The number of nitrogens with one attached hydrogen (secondary N) is 1. The molecule has 1 N–H and O–H groups in total. The minimum absolute atomic E-state index is 0.0484. The van der Waals surface area contributed by atoms with Gasteiger partial charge in [0.1, 0.15) is 0 Å². The van der Waals surface area contributed by atoms with Gasteiger partial charge < -0.3 is 15.0 Å². The molecule has 0 saturated carbocycles. The maximum absolute atomic E-state index is 5.58. The molecule has 2 heterocycles. The molecule has 1 aliphatic rings. The lowest BCUT2D eigenvalue weighted by molar-refractivity contribution is 0.222. The molecule has 0 aromatic carbocycles. The highest BCUT2D eigenvalue weighted by Crippen LogP contribution is 2.25. The van der Waals surface area contributed by atoms with E-state index in [9.17, 15) is 0 Å².